The maximum atomic E-state index is 9.18. The Morgan fingerprint density at radius 2 is 2.06 bits per heavy atom. The molecule has 1 aliphatic rings. The lowest BCUT2D eigenvalue weighted by molar-refractivity contribution is 0.252. The number of hydrogen-bond acceptors (Lipinski definition) is 3. The van der Waals surface area contributed by atoms with Crippen LogP contribution in [0, 0.1) is 17.2 Å². The van der Waals surface area contributed by atoms with Crippen molar-refractivity contribution in [1.82, 2.24) is 10.2 Å². The minimum absolute atomic E-state index is 0.362. The summed E-state index contributed by atoms with van der Waals surface area (Å²) in [5.74, 6) is 0.896. The molecule has 1 saturated carbocycles. The Balaban J connectivity index is 2.26. The van der Waals surface area contributed by atoms with Gasteiger partial charge in [-0.3, -0.25) is 5.32 Å². The molecule has 3 nitrogen and oxygen atoms in total. The van der Waals surface area contributed by atoms with Crippen LogP contribution in [0.3, 0.4) is 0 Å². The van der Waals surface area contributed by atoms with Gasteiger partial charge in [0.2, 0.25) is 0 Å². The van der Waals surface area contributed by atoms with Crippen LogP contribution in [0.15, 0.2) is 0 Å². The normalized spacial score (nSPS) is 20.4. The van der Waals surface area contributed by atoms with Gasteiger partial charge in [0.25, 0.3) is 0 Å². The Morgan fingerprint density at radius 3 is 2.59 bits per heavy atom. The van der Waals surface area contributed by atoms with Crippen molar-refractivity contribution in [2.75, 3.05) is 26.7 Å². The van der Waals surface area contributed by atoms with E-state index in [9.17, 15) is 5.26 Å². The van der Waals surface area contributed by atoms with E-state index in [4.69, 9.17) is 0 Å². The summed E-state index contributed by atoms with van der Waals surface area (Å²) >= 11 is 0. The van der Waals surface area contributed by atoms with Crippen LogP contribution in [-0.2, 0) is 0 Å². The Bertz CT molecular complexity index is 253. The summed E-state index contributed by atoms with van der Waals surface area (Å²) in [7, 11) is 2.18. The van der Waals surface area contributed by atoms with E-state index in [0.717, 1.165) is 25.4 Å². The fourth-order valence-corrected chi connectivity index (χ4v) is 2.71. The molecule has 1 N–H and O–H groups in total. The predicted octanol–water partition coefficient (Wildman–Crippen LogP) is 2.39. The summed E-state index contributed by atoms with van der Waals surface area (Å²) in [5, 5.41) is 12.5. The molecule has 1 rings (SSSR count). The first-order valence-electron chi connectivity index (χ1n) is 6.94. The third-order valence-electron chi connectivity index (χ3n) is 3.85. The summed E-state index contributed by atoms with van der Waals surface area (Å²) in [5.41, 5.74) is -0.362. The molecule has 1 atom stereocenters. The molecule has 0 spiro atoms. The van der Waals surface area contributed by atoms with Gasteiger partial charge in [-0.1, -0.05) is 19.8 Å². The quantitative estimate of drug-likeness (QED) is 0.739. The maximum Gasteiger partial charge on any atom is 0.105 e. The molecule has 1 fully saturated rings. The lowest BCUT2D eigenvalue weighted by atomic mass is 9.99. The van der Waals surface area contributed by atoms with Crippen LogP contribution in [0.25, 0.3) is 0 Å². The maximum absolute atomic E-state index is 9.18. The Morgan fingerprint density at radius 1 is 1.41 bits per heavy atom. The molecule has 3 heteroatoms. The molecule has 0 radical (unpaired) electrons. The van der Waals surface area contributed by atoms with Crippen LogP contribution in [0.4, 0.5) is 0 Å². The molecule has 1 unspecified atom stereocenters. The lowest BCUT2D eigenvalue weighted by Crippen LogP contribution is -2.43. The number of rotatable bonds is 7. The van der Waals surface area contributed by atoms with E-state index in [-0.39, 0.29) is 5.54 Å². The van der Waals surface area contributed by atoms with E-state index in [1.165, 1.54) is 32.2 Å². The highest BCUT2D eigenvalue weighted by Gasteiger charge is 2.23. The van der Waals surface area contributed by atoms with Gasteiger partial charge in [-0.15, -0.1) is 0 Å². The molecule has 0 aromatic heterocycles. The fourth-order valence-electron chi connectivity index (χ4n) is 2.71. The van der Waals surface area contributed by atoms with E-state index in [2.05, 4.69) is 30.3 Å². The van der Waals surface area contributed by atoms with Crippen molar-refractivity contribution in [3.05, 3.63) is 0 Å². The molecule has 0 heterocycles. The topological polar surface area (TPSA) is 39.1 Å². The van der Waals surface area contributed by atoms with Gasteiger partial charge in [0, 0.05) is 13.1 Å². The third-order valence-corrected chi connectivity index (χ3v) is 3.85. The van der Waals surface area contributed by atoms with E-state index in [1.807, 2.05) is 6.92 Å². The van der Waals surface area contributed by atoms with Crippen molar-refractivity contribution in [2.45, 2.75) is 51.5 Å². The first kappa shape index (κ1) is 14.5. The number of hydrogen-bond donors (Lipinski definition) is 1. The van der Waals surface area contributed by atoms with Gasteiger partial charge < -0.3 is 4.90 Å². The second-order valence-corrected chi connectivity index (χ2v) is 5.64. The van der Waals surface area contributed by atoms with Gasteiger partial charge in [-0.05, 0) is 45.7 Å². The summed E-state index contributed by atoms with van der Waals surface area (Å²) in [6.45, 7) is 7.12. The van der Waals surface area contributed by atoms with Gasteiger partial charge in [-0.25, -0.2) is 0 Å². The molecule has 0 bridgehead atoms. The van der Waals surface area contributed by atoms with Crippen LogP contribution in [0.1, 0.15) is 46.0 Å². The van der Waals surface area contributed by atoms with Crippen molar-refractivity contribution in [2.24, 2.45) is 5.92 Å². The van der Waals surface area contributed by atoms with E-state index >= 15 is 0 Å². The van der Waals surface area contributed by atoms with Gasteiger partial charge in [0.15, 0.2) is 0 Å². The summed E-state index contributed by atoms with van der Waals surface area (Å²) in [4.78, 5) is 2.39. The summed E-state index contributed by atoms with van der Waals surface area (Å²) in [6, 6.07) is 2.39. The second kappa shape index (κ2) is 6.98. The van der Waals surface area contributed by atoms with E-state index < -0.39 is 0 Å². The van der Waals surface area contributed by atoms with E-state index in [0.29, 0.717) is 0 Å². The Kier molecular flexibility index (Phi) is 5.94. The molecule has 17 heavy (non-hydrogen) atoms. The van der Waals surface area contributed by atoms with Crippen LogP contribution >= 0.6 is 0 Å². The van der Waals surface area contributed by atoms with Crippen LogP contribution < -0.4 is 5.32 Å². The van der Waals surface area contributed by atoms with Gasteiger partial charge >= 0.3 is 0 Å². The van der Waals surface area contributed by atoms with Crippen molar-refractivity contribution in [3.8, 4) is 6.07 Å². The molecule has 0 aliphatic heterocycles. The minimum atomic E-state index is -0.362. The predicted molar refractivity (Wildman–Crippen MR) is 71.8 cm³/mol. The third kappa shape index (κ3) is 5.06. The zero-order chi connectivity index (χ0) is 12.7. The van der Waals surface area contributed by atoms with Gasteiger partial charge in [0.1, 0.15) is 5.54 Å². The SMILES string of the molecule is CCNC(C)(C#N)CCN(C)CC1CCCC1. The first-order valence-corrected chi connectivity index (χ1v) is 6.94. The van der Waals surface area contributed by atoms with Crippen LogP contribution in [0.2, 0.25) is 0 Å². The zero-order valence-electron chi connectivity index (χ0n) is 11.6. The number of nitrogens with zero attached hydrogens (tertiary/aromatic N) is 2. The molecule has 1 aliphatic carbocycles. The Hall–Kier alpha value is -0.590. The number of nitrogens with one attached hydrogen (secondary N) is 1. The highest BCUT2D eigenvalue weighted by atomic mass is 15.1. The smallest absolute Gasteiger partial charge is 0.105 e. The Labute approximate surface area is 106 Å². The monoisotopic (exact) mass is 237 g/mol. The molecule has 0 aromatic rings. The highest BCUT2D eigenvalue weighted by Crippen LogP contribution is 2.25. The van der Waals surface area contributed by atoms with Crippen molar-refractivity contribution in [3.63, 3.8) is 0 Å². The standard InChI is InChI=1S/C14H27N3/c1-4-16-14(2,12-15)9-10-17(3)11-13-7-5-6-8-13/h13,16H,4-11H2,1-3H3. The summed E-state index contributed by atoms with van der Waals surface area (Å²) < 4.78 is 0. The lowest BCUT2D eigenvalue weighted by Gasteiger charge is -2.27. The minimum Gasteiger partial charge on any atom is -0.306 e. The molecule has 98 valence electrons. The average molecular weight is 237 g/mol. The van der Waals surface area contributed by atoms with Crippen LogP contribution in [-0.4, -0.2) is 37.1 Å². The number of nitriles is 1. The molecule has 0 amide bonds. The first-order chi connectivity index (χ1) is 8.09. The van der Waals surface area contributed by atoms with E-state index in [1.54, 1.807) is 0 Å². The summed E-state index contributed by atoms with van der Waals surface area (Å²) in [6.07, 6.45) is 6.51. The molecular weight excluding hydrogens is 210 g/mol. The average Bonchev–Trinajstić information content (AvgIpc) is 2.80. The second-order valence-electron chi connectivity index (χ2n) is 5.64. The molecular formula is C14H27N3. The van der Waals surface area contributed by atoms with Gasteiger partial charge in [0.05, 0.1) is 6.07 Å². The molecule has 0 saturated heterocycles. The van der Waals surface area contributed by atoms with Crippen molar-refractivity contribution < 1.29 is 0 Å². The highest BCUT2D eigenvalue weighted by molar-refractivity contribution is 5.03. The largest absolute Gasteiger partial charge is 0.306 e. The van der Waals surface area contributed by atoms with Crippen molar-refractivity contribution in [1.29, 1.82) is 5.26 Å². The zero-order valence-corrected chi connectivity index (χ0v) is 11.6. The molecule has 0 aromatic carbocycles. The fraction of sp³-hybridized carbons (Fsp3) is 0.929. The van der Waals surface area contributed by atoms with Crippen molar-refractivity contribution >= 4 is 0 Å². The van der Waals surface area contributed by atoms with Gasteiger partial charge in [-0.2, -0.15) is 5.26 Å². The van der Waals surface area contributed by atoms with Crippen LogP contribution in [0.5, 0.6) is 0 Å².